The number of nitrogens with zero attached hydrogens (tertiary/aromatic N) is 5. The predicted molar refractivity (Wildman–Crippen MR) is 119 cm³/mol. The molecule has 1 aliphatic heterocycles. The largest absolute Gasteiger partial charge is 0.497 e. The van der Waals surface area contributed by atoms with E-state index >= 15 is 0 Å². The lowest BCUT2D eigenvalue weighted by molar-refractivity contribution is -0.132. The number of rotatable bonds is 6. The van der Waals surface area contributed by atoms with Gasteiger partial charge in [0.2, 0.25) is 5.91 Å². The molecule has 168 valence electrons. The zero-order valence-electron chi connectivity index (χ0n) is 18.6. The summed E-state index contributed by atoms with van der Waals surface area (Å²) >= 11 is 0. The lowest BCUT2D eigenvalue weighted by Crippen LogP contribution is -2.30. The van der Waals surface area contributed by atoms with E-state index in [0.29, 0.717) is 30.6 Å². The number of benzene rings is 2. The van der Waals surface area contributed by atoms with Gasteiger partial charge in [-0.3, -0.25) is 4.79 Å². The molecule has 2 aromatic heterocycles. The van der Waals surface area contributed by atoms with Crippen LogP contribution >= 0.6 is 0 Å². The molecule has 0 radical (unpaired) electrons. The molecule has 0 N–H and O–H groups in total. The molecule has 0 spiro atoms. The average Bonchev–Trinajstić information content (AvgIpc) is 3.52. The first-order chi connectivity index (χ1) is 16.0. The summed E-state index contributed by atoms with van der Waals surface area (Å²) < 4.78 is 17.7. The Kier molecular flexibility index (Phi) is 5.29. The van der Waals surface area contributed by atoms with E-state index < -0.39 is 0 Å². The molecule has 0 fully saturated rings. The molecule has 0 atom stereocenters. The molecule has 0 bridgehead atoms. The SMILES string of the molecule is COc1ccc(-c2nc(-c3ccc(OC)cc3)n(CC(=O)N3Cc4nc(C)oc4C3)n2)cc1. The molecule has 4 aromatic rings. The summed E-state index contributed by atoms with van der Waals surface area (Å²) in [7, 11) is 3.24. The lowest BCUT2D eigenvalue weighted by Gasteiger charge is -2.15. The van der Waals surface area contributed by atoms with Crippen molar-refractivity contribution in [1.82, 2.24) is 24.6 Å². The number of carbonyl (C=O) groups excluding carboxylic acids is 1. The van der Waals surface area contributed by atoms with Gasteiger partial charge in [0, 0.05) is 18.1 Å². The second-order valence-electron chi connectivity index (χ2n) is 7.73. The van der Waals surface area contributed by atoms with E-state index in [2.05, 4.69) is 10.1 Å². The van der Waals surface area contributed by atoms with Gasteiger partial charge in [-0.15, -0.1) is 5.10 Å². The van der Waals surface area contributed by atoms with Crippen LogP contribution in [0.25, 0.3) is 22.8 Å². The molecule has 5 rings (SSSR count). The van der Waals surface area contributed by atoms with Gasteiger partial charge < -0.3 is 18.8 Å². The first-order valence-corrected chi connectivity index (χ1v) is 10.5. The minimum absolute atomic E-state index is 0.0494. The van der Waals surface area contributed by atoms with Crippen LogP contribution in [0, 0.1) is 6.92 Å². The zero-order valence-corrected chi connectivity index (χ0v) is 18.6. The van der Waals surface area contributed by atoms with E-state index in [4.69, 9.17) is 18.9 Å². The second kappa shape index (κ2) is 8.42. The average molecular weight is 445 g/mol. The molecule has 9 heteroatoms. The number of ether oxygens (including phenoxy) is 2. The van der Waals surface area contributed by atoms with Crippen molar-refractivity contribution in [3.8, 4) is 34.3 Å². The molecular weight excluding hydrogens is 422 g/mol. The van der Waals surface area contributed by atoms with Crippen LogP contribution < -0.4 is 9.47 Å². The first kappa shape index (κ1) is 20.7. The molecule has 9 nitrogen and oxygen atoms in total. The highest BCUT2D eigenvalue weighted by Gasteiger charge is 2.29. The Labute approximate surface area is 190 Å². The quantitative estimate of drug-likeness (QED) is 0.448. The normalized spacial score (nSPS) is 12.6. The molecule has 0 aliphatic carbocycles. The number of amides is 1. The minimum Gasteiger partial charge on any atom is -0.497 e. The topological polar surface area (TPSA) is 95.5 Å². The molecule has 0 unspecified atom stereocenters. The van der Waals surface area contributed by atoms with Crippen molar-refractivity contribution in [3.05, 3.63) is 65.9 Å². The number of fused-ring (bicyclic) bond motifs is 1. The van der Waals surface area contributed by atoms with Crippen LogP contribution in [-0.4, -0.2) is 44.8 Å². The Morgan fingerprint density at radius 1 is 0.939 bits per heavy atom. The van der Waals surface area contributed by atoms with Crippen LogP contribution in [0.3, 0.4) is 0 Å². The van der Waals surface area contributed by atoms with E-state index in [0.717, 1.165) is 34.1 Å². The highest BCUT2D eigenvalue weighted by molar-refractivity contribution is 5.77. The summed E-state index contributed by atoms with van der Waals surface area (Å²) in [6.07, 6.45) is 0. The number of aryl methyl sites for hydroxylation is 1. The van der Waals surface area contributed by atoms with E-state index in [1.165, 1.54) is 0 Å². The number of hydrogen-bond donors (Lipinski definition) is 0. The van der Waals surface area contributed by atoms with Gasteiger partial charge in [-0.1, -0.05) is 0 Å². The number of oxazole rings is 1. The number of aromatic nitrogens is 4. The van der Waals surface area contributed by atoms with Crippen molar-refractivity contribution in [2.24, 2.45) is 0 Å². The van der Waals surface area contributed by atoms with E-state index in [9.17, 15) is 4.79 Å². The highest BCUT2D eigenvalue weighted by Crippen LogP contribution is 2.27. The summed E-state index contributed by atoms with van der Waals surface area (Å²) in [5.74, 6) is 3.90. The van der Waals surface area contributed by atoms with Crippen LogP contribution in [0.2, 0.25) is 0 Å². The number of hydrogen-bond acceptors (Lipinski definition) is 7. The standard InChI is InChI=1S/C24H23N5O4/c1-15-25-20-12-28(13-21(20)33-15)22(30)14-29-24(17-6-10-19(32-3)11-7-17)26-23(27-29)16-4-8-18(31-2)9-5-16/h4-11H,12-14H2,1-3H3. The molecular formula is C24H23N5O4. The minimum atomic E-state index is -0.0817. The number of carbonyl (C=O) groups is 1. The van der Waals surface area contributed by atoms with Crippen molar-refractivity contribution in [3.63, 3.8) is 0 Å². The molecule has 1 aliphatic rings. The Hall–Kier alpha value is -4.14. The third-order valence-electron chi connectivity index (χ3n) is 5.57. The van der Waals surface area contributed by atoms with Crippen LogP contribution in [0.15, 0.2) is 52.9 Å². The summed E-state index contributed by atoms with van der Waals surface area (Å²) in [4.78, 5) is 23.9. The van der Waals surface area contributed by atoms with Crippen molar-refractivity contribution >= 4 is 5.91 Å². The molecule has 0 saturated carbocycles. The van der Waals surface area contributed by atoms with Crippen molar-refractivity contribution in [2.45, 2.75) is 26.6 Å². The number of methoxy groups -OCH3 is 2. The molecule has 33 heavy (non-hydrogen) atoms. The van der Waals surface area contributed by atoms with Crippen molar-refractivity contribution in [1.29, 1.82) is 0 Å². The lowest BCUT2D eigenvalue weighted by atomic mass is 10.2. The second-order valence-corrected chi connectivity index (χ2v) is 7.73. The zero-order chi connectivity index (χ0) is 22.9. The predicted octanol–water partition coefficient (Wildman–Crippen LogP) is 3.47. The van der Waals surface area contributed by atoms with Crippen LogP contribution in [0.1, 0.15) is 17.3 Å². The van der Waals surface area contributed by atoms with Gasteiger partial charge in [0.25, 0.3) is 0 Å². The summed E-state index contributed by atoms with van der Waals surface area (Å²) in [5.41, 5.74) is 2.48. The van der Waals surface area contributed by atoms with Gasteiger partial charge in [-0.05, 0) is 48.5 Å². The Morgan fingerprint density at radius 2 is 1.58 bits per heavy atom. The van der Waals surface area contributed by atoms with E-state index in [1.807, 2.05) is 55.5 Å². The Bertz CT molecular complexity index is 1270. The summed E-state index contributed by atoms with van der Waals surface area (Å²) in [5, 5.41) is 4.66. The van der Waals surface area contributed by atoms with Gasteiger partial charge in [0.05, 0.1) is 27.3 Å². The van der Waals surface area contributed by atoms with E-state index in [1.54, 1.807) is 23.8 Å². The third-order valence-corrected chi connectivity index (χ3v) is 5.57. The fraction of sp³-hybridized carbons (Fsp3) is 0.250. The maximum atomic E-state index is 13.1. The third kappa shape index (κ3) is 4.05. The van der Waals surface area contributed by atoms with Gasteiger partial charge in [0.1, 0.15) is 29.5 Å². The maximum Gasteiger partial charge on any atom is 0.245 e. The van der Waals surface area contributed by atoms with Crippen molar-refractivity contribution in [2.75, 3.05) is 14.2 Å². The first-order valence-electron chi connectivity index (χ1n) is 10.5. The molecule has 2 aromatic carbocycles. The maximum absolute atomic E-state index is 13.1. The van der Waals surface area contributed by atoms with Crippen LogP contribution in [-0.2, 0) is 24.4 Å². The van der Waals surface area contributed by atoms with Crippen LogP contribution in [0.4, 0.5) is 0 Å². The van der Waals surface area contributed by atoms with E-state index in [-0.39, 0.29) is 12.5 Å². The van der Waals surface area contributed by atoms with Gasteiger partial charge in [-0.25, -0.2) is 14.6 Å². The van der Waals surface area contributed by atoms with Crippen LogP contribution in [0.5, 0.6) is 11.5 Å². The Balaban J connectivity index is 1.45. The summed E-state index contributed by atoms with van der Waals surface area (Å²) in [6, 6.07) is 15.0. The van der Waals surface area contributed by atoms with Crippen molar-refractivity contribution < 1.29 is 18.7 Å². The monoisotopic (exact) mass is 445 g/mol. The van der Waals surface area contributed by atoms with Gasteiger partial charge in [0.15, 0.2) is 17.5 Å². The molecule has 1 amide bonds. The fourth-order valence-electron chi connectivity index (χ4n) is 3.84. The molecule has 0 saturated heterocycles. The highest BCUT2D eigenvalue weighted by atomic mass is 16.5. The Morgan fingerprint density at radius 3 is 2.18 bits per heavy atom. The summed E-state index contributed by atoms with van der Waals surface area (Å²) in [6.45, 7) is 2.70. The van der Waals surface area contributed by atoms with Gasteiger partial charge in [-0.2, -0.15) is 0 Å². The molecule has 3 heterocycles. The van der Waals surface area contributed by atoms with Gasteiger partial charge >= 0.3 is 0 Å². The fourth-order valence-corrected chi connectivity index (χ4v) is 3.84. The smallest absolute Gasteiger partial charge is 0.245 e.